The highest BCUT2D eigenvalue weighted by atomic mass is 79.9. The van der Waals surface area contributed by atoms with Gasteiger partial charge in [0.15, 0.2) is 0 Å². The minimum Gasteiger partial charge on any atom is -0.319 e. The van der Waals surface area contributed by atoms with Gasteiger partial charge in [0.1, 0.15) is 5.82 Å². The number of nitrogens with one attached hydrogen (secondary N) is 1. The second-order valence-electron chi connectivity index (χ2n) is 3.59. The van der Waals surface area contributed by atoms with E-state index in [1.165, 1.54) is 12.1 Å². The van der Waals surface area contributed by atoms with Gasteiger partial charge in [0.2, 0.25) is 0 Å². The van der Waals surface area contributed by atoms with Crippen LogP contribution >= 0.6 is 38.9 Å². The van der Waals surface area contributed by atoms with Crippen LogP contribution in [0.15, 0.2) is 28.7 Å². The Labute approximate surface area is 129 Å². The molecule has 0 radical (unpaired) electrons. The summed E-state index contributed by atoms with van der Waals surface area (Å²) in [5, 5.41) is 12.9. The third-order valence-corrected chi connectivity index (χ3v) is 4.20. The Kier molecular flexibility index (Phi) is 4.36. The van der Waals surface area contributed by atoms with Crippen molar-refractivity contribution in [2.24, 2.45) is 0 Å². The number of halogens is 3. The van der Waals surface area contributed by atoms with Crippen molar-refractivity contribution in [1.29, 1.82) is 0 Å². The highest BCUT2D eigenvalue weighted by molar-refractivity contribution is 9.10. The van der Waals surface area contributed by atoms with Crippen molar-refractivity contribution in [2.75, 3.05) is 5.32 Å². The quantitative estimate of drug-likeness (QED) is 0.632. The summed E-state index contributed by atoms with van der Waals surface area (Å²) in [5.74, 6) is -1.11. The van der Waals surface area contributed by atoms with Crippen LogP contribution in [0.3, 0.4) is 0 Å². The number of carbonyl (C=O) groups excluding carboxylic acids is 1. The van der Waals surface area contributed by atoms with Gasteiger partial charge >= 0.3 is 5.00 Å². The van der Waals surface area contributed by atoms with Crippen molar-refractivity contribution in [2.45, 2.75) is 0 Å². The second-order valence-corrected chi connectivity index (χ2v) is 5.92. The van der Waals surface area contributed by atoms with Crippen LogP contribution in [0.1, 0.15) is 9.67 Å². The van der Waals surface area contributed by atoms with Crippen LogP contribution in [0.25, 0.3) is 0 Å². The average molecular weight is 380 g/mol. The molecule has 0 aliphatic rings. The zero-order chi connectivity index (χ0) is 14.9. The van der Waals surface area contributed by atoms with Gasteiger partial charge in [-0.3, -0.25) is 14.9 Å². The smallest absolute Gasteiger partial charge is 0.319 e. The molecule has 0 fully saturated rings. The number of thiophene rings is 1. The Morgan fingerprint density at radius 2 is 2.15 bits per heavy atom. The van der Waals surface area contributed by atoms with Gasteiger partial charge in [-0.15, -0.1) is 0 Å². The Morgan fingerprint density at radius 3 is 2.70 bits per heavy atom. The normalized spacial score (nSPS) is 10.3. The molecule has 0 aliphatic carbocycles. The molecule has 1 N–H and O–H groups in total. The number of anilines is 1. The third-order valence-electron chi connectivity index (χ3n) is 2.24. The largest absolute Gasteiger partial charge is 0.324 e. The van der Waals surface area contributed by atoms with Gasteiger partial charge in [-0.05, 0) is 34.1 Å². The van der Waals surface area contributed by atoms with Crippen molar-refractivity contribution < 1.29 is 14.1 Å². The van der Waals surface area contributed by atoms with Gasteiger partial charge in [0, 0.05) is 10.5 Å². The number of benzene rings is 1. The molecule has 0 unspecified atom stereocenters. The molecule has 1 amide bonds. The van der Waals surface area contributed by atoms with Gasteiger partial charge in [-0.1, -0.05) is 22.9 Å². The lowest BCUT2D eigenvalue weighted by Gasteiger charge is -2.08. The van der Waals surface area contributed by atoms with Crippen LogP contribution in [0.5, 0.6) is 0 Å². The third kappa shape index (κ3) is 3.14. The fraction of sp³-hybridized carbons (Fsp3) is 0. The van der Waals surface area contributed by atoms with Crippen LogP contribution in [0.4, 0.5) is 15.1 Å². The molecule has 2 rings (SSSR count). The summed E-state index contributed by atoms with van der Waals surface area (Å²) in [5.41, 5.74) is 0.203. The number of amides is 1. The maximum Gasteiger partial charge on any atom is 0.324 e. The Balaban J connectivity index is 2.25. The van der Waals surface area contributed by atoms with E-state index in [0.29, 0.717) is 0 Å². The molecule has 5 nitrogen and oxygen atoms in total. The number of hydrogen-bond donors (Lipinski definition) is 1. The number of rotatable bonds is 3. The first-order chi connectivity index (χ1) is 9.38. The van der Waals surface area contributed by atoms with E-state index in [-0.39, 0.29) is 25.1 Å². The summed E-state index contributed by atoms with van der Waals surface area (Å²) in [6.45, 7) is 0. The maximum atomic E-state index is 13.1. The first-order valence-electron chi connectivity index (χ1n) is 5.08. The predicted octanol–water partition coefficient (Wildman–Crippen LogP) is 4.46. The lowest BCUT2D eigenvalue weighted by Crippen LogP contribution is -2.11. The zero-order valence-electron chi connectivity index (χ0n) is 9.52. The summed E-state index contributed by atoms with van der Waals surface area (Å²) in [4.78, 5) is 22.1. The van der Waals surface area contributed by atoms with Crippen LogP contribution < -0.4 is 5.32 Å². The highest BCUT2D eigenvalue weighted by Gasteiger charge is 2.17. The van der Waals surface area contributed by atoms with Crippen molar-refractivity contribution in [3.8, 4) is 0 Å². The average Bonchev–Trinajstić information content (AvgIpc) is 2.83. The van der Waals surface area contributed by atoms with E-state index in [4.69, 9.17) is 11.6 Å². The van der Waals surface area contributed by atoms with E-state index in [0.717, 1.165) is 23.5 Å². The van der Waals surface area contributed by atoms with Gasteiger partial charge in [0.25, 0.3) is 5.91 Å². The van der Waals surface area contributed by atoms with Crippen molar-refractivity contribution in [3.05, 3.63) is 54.6 Å². The molecular weight excluding hydrogens is 375 g/mol. The van der Waals surface area contributed by atoms with Crippen molar-refractivity contribution in [1.82, 2.24) is 0 Å². The minimum absolute atomic E-state index is 0.0243. The predicted molar refractivity (Wildman–Crippen MR) is 78.0 cm³/mol. The Hall–Kier alpha value is -1.51. The minimum atomic E-state index is -0.581. The number of hydrogen-bond acceptors (Lipinski definition) is 4. The summed E-state index contributed by atoms with van der Waals surface area (Å²) < 4.78 is 13.3. The molecule has 1 aromatic carbocycles. The van der Waals surface area contributed by atoms with E-state index >= 15 is 0 Å². The molecule has 104 valence electrons. The zero-order valence-corrected chi connectivity index (χ0v) is 12.7. The monoisotopic (exact) mass is 378 g/mol. The molecule has 1 aromatic heterocycles. The molecule has 0 atom stereocenters. The number of nitrogens with zero attached hydrogens (tertiary/aromatic N) is 1. The molecule has 2 aromatic rings. The fourth-order valence-electron chi connectivity index (χ4n) is 1.38. The van der Waals surface area contributed by atoms with E-state index in [9.17, 15) is 19.3 Å². The first-order valence-corrected chi connectivity index (χ1v) is 7.07. The summed E-state index contributed by atoms with van der Waals surface area (Å²) in [7, 11) is 0. The van der Waals surface area contributed by atoms with Crippen molar-refractivity contribution >= 4 is 55.5 Å². The van der Waals surface area contributed by atoms with Crippen LogP contribution in [0, 0.1) is 15.9 Å². The highest BCUT2D eigenvalue weighted by Crippen LogP contribution is 2.33. The van der Waals surface area contributed by atoms with Gasteiger partial charge in [0.05, 0.1) is 20.5 Å². The summed E-state index contributed by atoms with van der Waals surface area (Å²) in [6, 6.07) is 4.78. The first kappa shape index (κ1) is 14.9. The van der Waals surface area contributed by atoms with Crippen LogP contribution in [-0.4, -0.2) is 10.8 Å². The van der Waals surface area contributed by atoms with E-state index in [2.05, 4.69) is 21.2 Å². The Bertz CT molecular complexity index is 684. The second kappa shape index (κ2) is 5.86. The molecular formula is C11H5BrClFN2O3S. The topological polar surface area (TPSA) is 72.2 Å². The summed E-state index contributed by atoms with van der Waals surface area (Å²) in [6.07, 6.45) is 0. The van der Waals surface area contributed by atoms with E-state index in [1.807, 2.05) is 0 Å². The lowest BCUT2D eigenvalue weighted by atomic mass is 10.3. The maximum absolute atomic E-state index is 13.1. The lowest BCUT2D eigenvalue weighted by molar-refractivity contribution is -0.380. The summed E-state index contributed by atoms with van der Waals surface area (Å²) >= 11 is 9.66. The molecule has 9 heteroatoms. The molecule has 20 heavy (non-hydrogen) atoms. The SMILES string of the molecule is O=C(Nc1c(Cl)cc(F)cc1Br)c1ccc([N+](=O)[O-])s1. The molecule has 1 heterocycles. The molecule has 0 bridgehead atoms. The molecule has 0 saturated heterocycles. The van der Waals surface area contributed by atoms with E-state index in [1.54, 1.807) is 0 Å². The number of carbonyl (C=O) groups is 1. The van der Waals surface area contributed by atoms with Crippen LogP contribution in [-0.2, 0) is 0 Å². The standard InChI is InChI=1S/C11H5BrClFN2O3S/c12-6-3-5(14)4-7(13)10(6)15-11(17)8-1-2-9(20-8)16(18)19/h1-4H,(H,15,17). The van der Waals surface area contributed by atoms with Gasteiger partial charge < -0.3 is 5.32 Å². The van der Waals surface area contributed by atoms with Crippen molar-refractivity contribution in [3.63, 3.8) is 0 Å². The van der Waals surface area contributed by atoms with E-state index < -0.39 is 16.6 Å². The van der Waals surface area contributed by atoms with Crippen LogP contribution in [0.2, 0.25) is 5.02 Å². The Morgan fingerprint density at radius 1 is 1.45 bits per heavy atom. The molecule has 0 saturated carbocycles. The molecule has 0 aliphatic heterocycles. The fourth-order valence-corrected chi connectivity index (χ4v) is 3.00. The molecule has 0 spiro atoms. The van der Waals surface area contributed by atoms with Gasteiger partial charge in [-0.2, -0.15) is 0 Å². The number of nitro groups is 1. The van der Waals surface area contributed by atoms with Gasteiger partial charge in [-0.25, -0.2) is 4.39 Å².